The number of hydrogen-bond donors (Lipinski definition) is 0. The molecule has 9 rings (SSSR count). The molecule has 0 N–H and O–H groups in total. The lowest BCUT2D eigenvalue weighted by atomic mass is 9.62. The van der Waals surface area contributed by atoms with E-state index in [9.17, 15) is 0 Å². The van der Waals surface area contributed by atoms with E-state index in [1.165, 1.54) is 20.6 Å². The maximum absolute atomic E-state index is 8.37. The second-order valence-electron chi connectivity index (χ2n) is 15.7. The Morgan fingerprint density at radius 1 is 0.577 bits per heavy atom. The third-order valence-electron chi connectivity index (χ3n) is 12.0. The number of nitrogens with zero attached hydrogens (tertiary/aromatic N) is 5. The zero-order valence-corrected chi connectivity index (χ0v) is 31.0. The van der Waals surface area contributed by atoms with E-state index in [2.05, 4.69) is 144 Å². The van der Waals surface area contributed by atoms with Gasteiger partial charge < -0.3 is 24.2 Å². The third-order valence-corrected chi connectivity index (χ3v) is 12.0. The molecule has 0 radical (unpaired) electrons. The summed E-state index contributed by atoms with van der Waals surface area (Å²) in [5.41, 5.74) is 12.8. The molecule has 5 nitrogen and oxygen atoms in total. The lowest BCUT2D eigenvalue weighted by molar-refractivity contribution is 0.459. The average molecular weight is 690 g/mol. The van der Waals surface area contributed by atoms with Gasteiger partial charge in [-0.1, -0.05) is 93.6 Å². The monoisotopic (exact) mass is 689 g/mol. The van der Waals surface area contributed by atoms with Crippen molar-refractivity contribution in [1.29, 1.82) is 0 Å². The van der Waals surface area contributed by atoms with Crippen molar-refractivity contribution in [3.63, 3.8) is 0 Å². The number of para-hydroxylation sites is 2. The van der Waals surface area contributed by atoms with E-state index < -0.39 is 19.4 Å². The van der Waals surface area contributed by atoms with Gasteiger partial charge >= 0.3 is 0 Å². The van der Waals surface area contributed by atoms with E-state index in [1.807, 2.05) is 27.7 Å². The summed E-state index contributed by atoms with van der Waals surface area (Å²) in [5, 5.41) is 2.34. The SMILES string of the molecule is [2H]C([2H])([2H])N1CN(c2cc(C(C)(C)C)cc(C3(c4ccccc4)c4cc(N5CN(C([2H])([2H])[2H])C(C)=C5C)ccc4-n4c5ccccc5c5cccc3c54)c2)C(C)=C1C. The Morgan fingerprint density at radius 3 is 1.90 bits per heavy atom. The van der Waals surface area contributed by atoms with Crippen molar-refractivity contribution in [3.05, 3.63) is 160 Å². The number of rotatable bonds is 4. The van der Waals surface area contributed by atoms with Crippen molar-refractivity contribution in [1.82, 2.24) is 14.4 Å². The molecule has 5 heteroatoms. The molecule has 0 saturated carbocycles. The highest BCUT2D eigenvalue weighted by Crippen LogP contribution is 2.56. The summed E-state index contributed by atoms with van der Waals surface area (Å²) < 4.78 is 52.5. The summed E-state index contributed by atoms with van der Waals surface area (Å²) in [6, 6.07) is 39.4. The van der Waals surface area contributed by atoms with Gasteiger partial charge in [-0.3, -0.25) is 0 Å². The molecule has 0 fully saturated rings. The van der Waals surface area contributed by atoms with Crippen molar-refractivity contribution in [3.8, 4) is 5.69 Å². The van der Waals surface area contributed by atoms with Crippen LogP contribution in [-0.2, 0) is 10.8 Å². The molecule has 1 atom stereocenters. The molecular weight excluding hydrogens is 635 g/mol. The van der Waals surface area contributed by atoms with Crippen LogP contribution in [-0.4, -0.2) is 41.7 Å². The fourth-order valence-corrected chi connectivity index (χ4v) is 8.84. The van der Waals surface area contributed by atoms with Crippen molar-refractivity contribution in [2.24, 2.45) is 0 Å². The van der Waals surface area contributed by atoms with Crippen LogP contribution in [0.15, 0.2) is 132 Å². The summed E-state index contributed by atoms with van der Waals surface area (Å²) in [7, 11) is 0. The first kappa shape index (κ1) is 26.4. The fourth-order valence-electron chi connectivity index (χ4n) is 8.84. The predicted molar refractivity (Wildman–Crippen MR) is 218 cm³/mol. The zero-order chi connectivity index (χ0) is 41.3. The standard InChI is InChI=1S/C47H49N5/c1-30-32(3)50(28-48(30)8)37-22-23-44-42(27-37)47(34-16-11-10-12-17-34,41-20-15-19-40-39-18-13-14-21-43(39)52(44)45(40)41)36-24-35(46(5,6)7)25-38(26-36)51-29-49(9)31(2)33(51)4/h10-27H,28-29H2,1-9H3/i8D3,9D3. The minimum atomic E-state index is -2.28. The Kier molecular flexibility index (Phi) is 5.72. The van der Waals surface area contributed by atoms with Gasteiger partial charge in [-0.15, -0.1) is 0 Å². The Labute approximate surface area is 317 Å². The largest absolute Gasteiger partial charge is 0.359 e. The lowest BCUT2D eigenvalue weighted by Crippen LogP contribution is -2.36. The van der Waals surface area contributed by atoms with Gasteiger partial charge in [0.2, 0.25) is 0 Å². The van der Waals surface area contributed by atoms with E-state index in [0.717, 1.165) is 78.7 Å². The molecule has 5 aromatic carbocycles. The van der Waals surface area contributed by atoms with Gasteiger partial charge in [-0.2, -0.15) is 0 Å². The second-order valence-corrected chi connectivity index (χ2v) is 15.7. The molecule has 1 aromatic heterocycles. The van der Waals surface area contributed by atoms with Crippen LogP contribution in [0, 0.1) is 0 Å². The molecule has 0 saturated heterocycles. The molecule has 52 heavy (non-hydrogen) atoms. The van der Waals surface area contributed by atoms with Crippen LogP contribution in [0.4, 0.5) is 11.4 Å². The maximum atomic E-state index is 8.37. The van der Waals surface area contributed by atoms with Gasteiger partial charge in [0, 0.05) is 67.1 Å². The first-order valence-electron chi connectivity index (χ1n) is 21.2. The summed E-state index contributed by atoms with van der Waals surface area (Å²) in [6.07, 6.45) is 0. The number of anilines is 2. The molecule has 0 bridgehead atoms. The van der Waals surface area contributed by atoms with E-state index in [0.29, 0.717) is 0 Å². The summed E-state index contributed by atoms with van der Waals surface area (Å²) in [5.74, 6) is 0. The minimum absolute atomic E-state index is 0.210. The molecule has 262 valence electrons. The molecule has 0 aliphatic carbocycles. The molecule has 3 aliphatic rings. The highest BCUT2D eigenvalue weighted by molar-refractivity contribution is 6.12. The first-order chi connectivity index (χ1) is 27.3. The Morgan fingerprint density at radius 2 is 1.23 bits per heavy atom. The maximum Gasteiger partial charge on any atom is 0.0943 e. The number of hydrogen-bond acceptors (Lipinski definition) is 4. The van der Waals surface area contributed by atoms with Crippen LogP contribution in [0.3, 0.4) is 0 Å². The van der Waals surface area contributed by atoms with Gasteiger partial charge in [0.15, 0.2) is 0 Å². The molecule has 4 heterocycles. The number of allylic oxidation sites excluding steroid dienone is 4. The quantitative estimate of drug-likeness (QED) is 0.183. The van der Waals surface area contributed by atoms with Crippen molar-refractivity contribution in [2.45, 2.75) is 59.3 Å². The second kappa shape index (κ2) is 11.3. The summed E-state index contributed by atoms with van der Waals surface area (Å²) in [6.45, 7) is 10.3. The van der Waals surface area contributed by atoms with Crippen LogP contribution in [0.2, 0.25) is 0 Å². The molecule has 1 unspecified atom stereocenters. The lowest BCUT2D eigenvalue weighted by Gasteiger charge is -2.43. The number of benzene rings is 5. The van der Waals surface area contributed by atoms with E-state index in [4.69, 9.17) is 8.22 Å². The fraction of sp³-hybridized carbons (Fsp3) is 0.277. The van der Waals surface area contributed by atoms with E-state index in [1.54, 1.807) is 0 Å². The van der Waals surface area contributed by atoms with E-state index >= 15 is 0 Å². The van der Waals surface area contributed by atoms with Crippen LogP contribution in [0.25, 0.3) is 27.5 Å². The third kappa shape index (κ3) is 4.41. The normalized spacial score (nSPS) is 21.1. The molecular formula is C47H49N5. The topological polar surface area (TPSA) is 17.9 Å². The predicted octanol–water partition coefficient (Wildman–Crippen LogP) is 10.7. The van der Waals surface area contributed by atoms with Crippen LogP contribution in [0.1, 0.15) is 84.5 Å². The first-order valence-corrected chi connectivity index (χ1v) is 18.2. The highest BCUT2D eigenvalue weighted by atomic mass is 15.4. The molecule has 3 aliphatic heterocycles. The number of aromatic nitrogens is 1. The summed E-state index contributed by atoms with van der Waals surface area (Å²) in [4.78, 5) is 7.27. The Hall–Kier alpha value is -5.42. The van der Waals surface area contributed by atoms with Crippen LogP contribution in [0.5, 0.6) is 0 Å². The Balaban J connectivity index is 1.42. The Bertz CT molecular complexity index is 2720. The van der Waals surface area contributed by atoms with Crippen molar-refractivity contribution >= 4 is 33.2 Å². The minimum Gasteiger partial charge on any atom is -0.359 e. The number of fused-ring (bicyclic) bond motifs is 5. The van der Waals surface area contributed by atoms with Crippen molar-refractivity contribution < 1.29 is 8.22 Å². The molecule has 0 amide bonds. The van der Waals surface area contributed by atoms with Crippen LogP contribution < -0.4 is 9.80 Å². The summed E-state index contributed by atoms with van der Waals surface area (Å²) >= 11 is 0. The van der Waals surface area contributed by atoms with Gasteiger partial charge in [0.05, 0.1) is 35.5 Å². The molecule has 6 aromatic rings. The smallest absolute Gasteiger partial charge is 0.0943 e. The van der Waals surface area contributed by atoms with Gasteiger partial charge in [-0.05, 0) is 97.3 Å². The van der Waals surface area contributed by atoms with Gasteiger partial charge in [0.1, 0.15) is 0 Å². The van der Waals surface area contributed by atoms with Gasteiger partial charge in [0.25, 0.3) is 0 Å². The van der Waals surface area contributed by atoms with Crippen molar-refractivity contribution in [2.75, 3.05) is 37.1 Å². The average Bonchev–Trinajstić information content (AvgIpc) is 3.80. The van der Waals surface area contributed by atoms with E-state index in [-0.39, 0.29) is 18.8 Å². The van der Waals surface area contributed by atoms with Gasteiger partial charge in [-0.25, -0.2) is 0 Å². The molecule has 0 spiro atoms. The zero-order valence-electron chi connectivity index (χ0n) is 37.0. The van der Waals surface area contributed by atoms with Crippen LogP contribution >= 0.6 is 0 Å². The highest BCUT2D eigenvalue weighted by Gasteiger charge is 2.46.